The topological polar surface area (TPSA) is 31.0 Å². The lowest BCUT2D eigenvalue weighted by atomic mass is 10.1. The Morgan fingerprint density at radius 3 is 2.33 bits per heavy atom. The van der Waals surface area contributed by atoms with E-state index in [0.29, 0.717) is 12.7 Å². The number of aryl methyl sites for hydroxylation is 1. The van der Waals surface area contributed by atoms with Crippen LogP contribution < -0.4 is 4.74 Å². The molecule has 1 fully saturated rings. The molecule has 0 N–H and O–H groups in total. The summed E-state index contributed by atoms with van der Waals surface area (Å²) in [5.41, 5.74) is 1.41. The van der Waals surface area contributed by atoms with Gasteiger partial charge in [0.05, 0.1) is 6.61 Å². The van der Waals surface area contributed by atoms with Gasteiger partial charge in [-0.3, -0.25) is 0 Å². The molecule has 1 atom stereocenters. The van der Waals surface area contributed by atoms with Gasteiger partial charge in [0.1, 0.15) is 18.5 Å². The molecular formula is C20H34O3Si. The van der Waals surface area contributed by atoms with Gasteiger partial charge in [-0.1, -0.05) is 38.8 Å². The van der Waals surface area contributed by atoms with Crippen molar-refractivity contribution in [1.29, 1.82) is 0 Å². The smallest absolute Gasteiger partial charge is 0.192 e. The number of ether oxygens (including phenoxy) is 2. The summed E-state index contributed by atoms with van der Waals surface area (Å²) < 4.78 is 17.0. The highest BCUT2D eigenvalue weighted by Crippen LogP contribution is 2.25. The van der Waals surface area contributed by atoms with E-state index in [4.69, 9.17) is 13.9 Å². The Bertz CT molecular complexity index is 452. The van der Waals surface area contributed by atoms with E-state index in [1.54, 1.807) is 0 Å². The molecule has 1 aliphatic rings. The first kappa shape index (κ1) is 19.5. The minimum absolute atomic E-state index is 0.322. The summed E-state index contributed by atoms with van der Waals surface area (Å²) in [5, 5.41) is 0. The summed E-state index contributed by atoms with van der Waals surface area (Å²) in [5.74, 6) is 0.952. The fraction of sp³-hybridized carbons (Fsp3) is 0.700. The molecule has 24 heavy (non-hydrogen) atoms. The highest BCUT2D eigenvalue weighted by molar-refractivity contribution is 6.73. The quantitative estimate of drug-likeness (QED) is 0.278. The number of hydrogen-bond acceptors (Lipinski definition) is 3. The summed E-state index contributed by atoms with van der Waals surface area (Å²) >= 11 is 0. The molecule has 0 radical (unpaired) electrons. The van der Waals surface area contributed by atoms with Crippen LogP contribution in [-0.4, -0.2) is 34.2 Å². The van der Waals surface area contributed by atoms with Crippen molar-refractivity contribution in [2.24, 2.45) is 0 Å². The van der Waals surface area contributed by atoms with Crippen LogP contribution >= 0.6 is 0 Å². The second-order valence-corrected chi connectivity index (χ2v) is 11.4. The van der Waals surface area contributed by atoms with Crippen LogP contribution in [0.1, 0.15) is 45.6 Å². The molecule has 136 valence electrons. The minimum Gasteiger partial charge on any atom is -0.491 e. The average Bonchev–Trinajstić information content (AvgIpc) is 3.44. The Hall–Kier alpha value is -0.843. The third-order valence-corrected chi connectivity index (χ3v) is 9.84. The largest absolute Gasteiger partial charge is 0.491 e. The van der Waals surface area contributed by atoms with Crippen LogP contribution in [0.15, 0.2) is 24.3 Å². The van der Waals surface area contributed by atoms with Gasteiger partial charge in [-0.15, -0.1) is 0 Å². The molecule has 1 saturated heterocycles. The van der Waals surface area contributed by atoms with Gasteiger partial charge in [-0.25, -0.2) is 0 Å². The van der Waals surface area contributed by atoms with E-state index in [1.807, 2.05) is 0 Å². The predicted molar refractivity (Wildman–Crippen MR) is 102 cm³/mol. The Morgan fingerprint density at radius 1 is 1.04 bits per heavy atom. The summed E-state index contributed by atoms with van der Waals surface area (Å²) in [6.07, 6.45) is 5.37. The standard InChI is InChI=1S/C20H34O3Si/c1-4-23-24(5-2,6-3)15-9-7-8-10-18-11-13-19(14-12-18)21-16-20-17-22-20/h11-14,20H,4-10,15-17H2,1-3H3. The average molecular weight is 351 g/mol. The molecule has 1 aromatic carbocycles. The van der Waals surface area contributed by atoms with E-state index in [2.05, 4.69) is 45.0 Å². The van der Waals surface area contributed by atoms with Gasteiger partial charge >= 0.3 is 0 Å². The number of epoxide rings is 1. The molecule has 1 aromatic rings. The summed E-state index contributed by atoms with van der Waals surface area (Å²) in [6, 6.07) is 12.4. The van der Waals surface area contributed by atoms with Crippen LogP contribution in [0.2, 0.25) is 18.1 Å². The third kappa shape index (κ3) is 6.58. The fourth-order valence-electron chi connectivity index (χ4n) is 3.24. The van der Waals surface area contributed by atoms with Crippen molar-refractivity contribution in [3.63, 3.8) is 0 Å². The van der Waals surface area contributed by atoms with Crippen LogP contribution in [-0.2, 0) is 15.6 Å². The maximum absolute atomic E-state index is 6.17. The van der Waals surface area contributed by atoms with E-state index in [0.717, 1.165) is 25.4 Å². The molecule has 0 amide bonds. The second kappa shape index (κ2) is 10.2. The minimum atomic E-state index is -1.42. The molecule has 2 rings (SSSR count). The van der Waals surface area contributed by atoms with Crippen LogP contribution in [0.5, 0.6) is 5.75 Å². The highest BCUT2D eigenvalue weighted by Gasteiger charge is 2.29. The Morgan fingerprint density at radius 2 is 1.75 bits per heavy atom. The van der Waals surface area contributed by atoms with Gasteiger partial charge in [0.15, 0.2) is 8.32 Å². The lowest BCUT2D eigenvalue weighted by Crippen LogP contribution is -2.36. The lowest BCUT2D eigenvalue weighted by molar-refractivity contribution is 0.263. The molecule has 0 aliphatic carbocycles. The van der Waals surface area contributed by atoms with Crippen molar-refractivity contribution in [1.82, 2.24) is 0 Å². The van der Waals surface area contributed by atoms with Gasteiger partial charge in [-0.2, -0.15) is 0 Å². The molecule has 0 aromatic heterocycles. The van der Waals surface area contributed by atoms with Crippen LogP contribution in [0, 0.1) is 0 Å². The maximum Gasteiger partial charge on any atom is 0.192 e. The normalized spacial score (nSPS) is 17.0. The first-order valence-corrected chi connectivity index (χ1v) is 12.2. The van der Waals surface area contributed by atoms with Gasteiger partial charge in [-0.05, 0) is 55.6 Å². The number of rotatable bonds is 13. The Labute approximate surface area is 148 Å². The number of benzene rings is 1. The zero-order valence-corrected chi connectivity index (χ0v) is 16.7. The van der Waals surface area contributed by atoms with E-state index in [-0.39, 0.29) is 0 Å². The van der Waals surface area contributed by atoms with Crippen molar-refractivity contribution >= 4 is 8.32 Å². The SMILES string of the molecule is CCO[Si](CC)(CC)CCCCCc1ccc(OCC2CO2)cc1. The van der Waals surface area contributed by atoms with Gasteiger partial charge in [0.2, 0.25) is 0 Å². The van der Waals surface area contributed by atoms with Crippen molar-refractivity contribution in [3.8, 4) is 5.75 Å². The van der Waals surface area contributed by atoms with Gasteiger partial charge in [0.25, 0.3) is 0 Å². The molecule has 1 unspecified atom stereocenters. The summed E-state index contributed by atoms with van der Waals surface area (Å²) in [4.78, 5) is 0. The number of unbranched alkanes of at least 4 members (excludes halogenated alkanes) is 2. The predicted octanol–water partition coefficient (Wildman–Crippen LogP) is 5.20. The Balaban J connectivity index is 1.62. The van der Waals surface area contributed by atoms with Gasteiger partial charge in [0, 0.05) is 6.61 Å². The van der Waals surface area contributed by atoms with Crippen LogP contribution in [0.25, 0.3) is 0 Å². The molecule has 1 heterocycles. The summed E-state index contributed by atoms with van der Waals surface area (Å²) in [7, 11) is -1.42. The maximum atomic E-state index is 6.17. The van der Waals surface area contributed by atoms with E-state index in [9.17, 15) is 0 Å². The highest BCUT2D eigenvalue weighted by atomic mass is 28.4. The first-order valence-electron chi connectivity index (χ1n) is 9.68. The Kier molecular flexibility index (Phi) is 8.29. The fourth-order valence-corrected chi connectivity index (χ4v) is 6.51. The molecule has 1 aliphatic heterocycles. The molecule has 4 heteroatoms. The second-order valence-electron chi connectivity index (χ2n) is 6.79. The zero-order valence-electron chi connectivity index (χ0n) is 15.7. The zero-order chi connectivity index (χ0) is 17.3. The molecule has 0 saturated carbocycles. The van der Waals surface area contributed by atoms with Crippen molar-refractivity contribution < 1.29 is 13.9 Å². The third-order valence-electron chi connectivity index (χ3n) is 5.10. The van der Waals surface area contributed by atoms with Crippen molar-refractivity contribution in [2.75, 3.05) is 19.8 Å². The molecule has 0 spiro atoms. The van der Waals surface area contributed by atoms with E-state index >= 15 is 0 Å². The van der Waals surface area contributed by atoms with Gasteiger partial charge < -0.3 is 13.9 Å². The van der Waals surface area contributed by atoms with Crippen LogP contribution in [0.4, 0.5) is 0 Å². The van der Waals surface area contributed by atoms with E-state index < -0.39 is 8.32 Å². The summed E-state index contributed by atoms with van der Waals surface area (Å²) in [6.45, 7) is 9.17. The van der Waals surface area contributed by atoms with Crippen molar-refractivity contribution in [3.05, 3.63) is 29.8 Å². The van der Waals surface area contributed by atoms with Crippen molar-refractivity contribution in [2.45, 2.75) is 70.7 Å². The van der Waals surface area contributed by atoms with E-state index in [1.165, 1.54) is 43.0 Å². The molecule has 0 bridgehead atoms. The molecule has 3 nitrogen and oxygen atoms in total. The first-order chi connectivity index (χ1) is 11.7. The lowest BCUT2D eigenvalue weighted by Gasteiger charge is -2.28. The number of hydrogen-bond donors (Lipinski definition) is 0. The monoisotopic (exact) mass is 350 g/mol. The van der Waals surface area contributed by atoms with Crippen LogP contribution in [0.3, 0.4) is 0 Å². The molecular weight excluding hydrogens is 316 g/mol.